The molecule has 3 aromatic rings. The van der Waals surface area contributed by atoms with Gasteiger partial charge in [0.25, 0.3) is 5.69 Å². The molecular formula is C19H16NO3Si. The van der Waals surface area contributed by atoms with Crippen molar-refractivity contribution in [3.05, 3.63) is 89.0 Å². The Hall–Kier alpha value is -2.92. The van der Waals surface area contributed by atoms with Gasteiger partial charge in [0.2, 0.25) is 0 Å². The van der Waals surface area contributed by atoms with E-state index in [1.807, 2.05) is 42.5 Å². The first-order valence-corrected chi connectivity index (χ1v) is 9.00. The lowest BCUT2D eigenvalue weighted by Crippen LogP contribution is -2.51. The smallest absolute Gasteiger partial charge is 0.269 e. The molecule has 0 spiro atoms. The van der Waals surface area contributed by atoms with E-state index < -0.39 is 8.80 Å². The SMILES string of the molecule is COc1ccc([Si](c2ccccc2)c2ccc([N+](=O)[O-])cc2)cc1. The molecule has 0 aliphatic rings. The number of methoxy groups -OCH3 is 1. The number of hydrogen-bond donors (Lipinski definition) is 0. The molecule has 1 radical (unpaired) electrons. The normalized spacial score (nSPS) is 10.6. The number of nitrogens with zero attached hydrogens (tertiary/aromatic N) is 1. The standard InChI is InChI=1S/C19H16NO3Si/c1-23-16-9-13-19(14-10-16)24(17-5-3-2-4-6-17)18-11-7-15(8-12-18)20(21)22/h2-14H,1H3. The fraction of sp³-hybridized carbons (Fsp3) is 0.0526. The largest absolute Gasteiger partial charge is 0.497 e. The maximum Gasteiger partial charge on any atom is 0.269 e. The minimum Gasteiger partial charge on any atom is -0.497 e. The van der Waals surface area contributed by atoms with Crippen LogP contribution in [0.3, 0.4) is 0 Å². The van der Waals surface area contributed by atoms with Crippen molar-refractivity contribution in [2.45, 2.75) is 0 Å². The summed E-state index contributed by atoms with van der Waals surface area (Å²) < 4.78 is 5.24. The van der Waals surface area contributed by atoms with Gasteiger partial charge in [-0.2, -0.15) is 0 Å². The molecular weight excluding hydrogens is 318 g/mol. The monoisotopic (exact) mass is 334 g/mol. The topological polar surface area (TPSA) is 52.4 Å². The van der Waals surface area contributed by atoms with Crippen molar-refractivity contribution < 1.29 is 9.66 Å². The van der Waals surface area contributed by atoms with Crippen molar-refractivity contribution in [2.24, 2.45) is 0 Å². The van der Waals surface area contributed by atoms with E-state index in [0.717, 1.165) is 10.9 Å². The number of nitro benzene ring substituents is 1. The zero-order valence-corrected chi connectivity index (χ0v) is 14.2. The number of ether oxygens (including phenoxy) is 1. The first kappa shape index (κ1) is 16.0. The summed E-state index contributed by atoms with van der Waals surface area (Å²) >= 11 is 0. The highest BCUT2D eigenvalue weighted by Gasteiger charge is 2.20. The van der Waals surface area contributed by atoms with Crippen LogP contribution in [0.4, 0.5) is 5.69 Å². The molecule has 3 aromatic carbocycles. The van der Waals surface area contributed by atoms with Crippen LogP contribution in [0, 0.1) is 10.1 Å². The Balaban J connectivity index is 2.06. The van der Waals surface area contributed by atoms with Crippen molar-refractivity contribution in [3.8, 4) is 5.75 Å². The van der Waals surface area contributed by atoms with Gasteiger partial charge < -0.3 is 4.74 Å². The number of hydrogen-bond acceptors (Lipinski definition) is 3. The van der Waals surface area contributed by atoms with Crippen LogP contribution in [-0.2, 0) is 0 Å². The molecule has 0 amide bonds. The molecule has 0 aromatic heterocycles. The van der Waals surface area contributed by atoms with E-state index in [0.29, 0.717) is 0 Å². The summed E-state index contributed by atoms with van der Waals surface area (Å²) in [5, 5.41) is 14.5. The van der Waals surface area contributed by atoms with Gasteiger partial charge in [-0.1, -0.05) is 70.2 Å². The Morgan fingerprint density at radius 2 is 1.29 bits per heavy atom. The van der Waals surface area contributed by atoms with Crippen molar-refractivity contribution in [1.82, 2.24) is 0 Å². The van der Waals surface area contributed by atoms with Crippen molar-refractivity contribution in [2.75, 3.05) is 7.11 Å². The summed E-state index contributed by atoms with van der Waals surface area (Å²) in [5.74, 6) is 0.817. The van der Waals surface area contributed by atoms with Gasteiger partial charge in [0.1, 0.15) is 5.75 Å². The minimum atomic E-state index is -1.22. The van der Waals surface area contributed by atoms with E-state index in [2.05, 4.69) is 24.3 Å². The molecule has 119 valence electrons. The Morgan fingerprint density at radius 1 is 0.792 bits per heavy atom. The zero-order valence-electron chi connectivity index (χ0n) is 13.2. The van der Waals surface area contributed by atoms with E-state index in [-0.39, 0.29) is 10.6 Å². The lowest BCUT2D eigenvalue weighted by atomic mass is 10.3. The molecule has 0 heterocycles. The van der Waals surface area contributed by atoms with E-state index in [4.69, 9.17) is 4.74 Å². The van der Waals surface area contributed by atoms with Crippen molar-refractivity contribution in [1.29, 1.82) is 0 Å². The van der Waals surface area contributed by atoms with Gasteiger partial charge in [-0.3, -0.25) is 10.1 Å². The Bertz CT molecular complexity index is 817. The highest BCUT2D eigenvalue weighted by molar-refractivity contribution is 6.95. The van der Waals surface area contributed by atoms with Gasteiger partial charge in [-0.05, 0) is 12.1 Å². The molecule has 24 heavy (non-hydrogen) atoms. The molecule has 0 fully saturated rings. The van der Waals surface area contributed by atoms with Crippen LogP contribution < -0.4 is 20.3 Å². The molecule has 0 N–H and O–H groups in total. The van der Waals surface area contributed by atoms with Crippen LogP contribution >= 0.6 is 0 Å². The van der Waals surface area contributed by atoms with E-state index in [1.165, 1.54) is 10.4 Å². The maximum absolute atomic E-state index is 10.9. The van der Waals surface area contributed by atoms with Crippen molar-refractivity contribution >= 4 is 30.0 Å². The summed E-state index contributed by atoms with van der Waals surface area (Å²) in [6, 6.07) is 25.2. The second kappa shape index (κ2) is 7.10. The summed E-state index contributed by atoms with van der Waals surface area (Å²) in [5.41, 5.74) is 0.114. The quantitative estimate of drug-likeness (QED) is 0.311. The minimum absolute atomic E-state index is 0.114. The summed E-state index contributed by atoms with van der Waals surface area (Å²) in [4.78, 5) is 10.5. The average Bonchev–Trinajstić information content (AvgIpc) is 2.64. The highest BCUT2D eigenvalue weighted by Crippen LogP contribution is 2.09. The van der Waals surface area contributed by atoms with Crippen LogP contribution in [0.5, 0.6) is 5.75 Å². The van der Waals surface area contributed by atoms with E-state index >= 15 is 0 Å². The molecule has 0 atom stereocenters. The molecule has 0 aliphatic carbocycles. The Morgan fingerprint density at radius 3 is 1.79 bits per heavy atom. The molecule has 0 saturated heterocycles. The van der Waals surface area contributed by atoms with Crippen LogP contribution in [-0.4, -0.2) is 20.8 Å². The molecule has 0 aliphatic heterocycles. The Labute approximate surface area is 142 Å². The van der Waals surface area contributed by atoms with Gasteiger partial charge in [-0.15, -0.1) is 0 Å². The third-order valence-electron chi connectivity index (χ3n) is 3.81. The summed E-state index contributed by atoms with van der Waals surface area (Å²) in [6.45, 7) is 0. The molecule has 4 nitrogen and oxygen atoms in total. The van der Waals surface area contributed by atoms with Crippen molar-refractivity contribution in [3.63, 3.8) is 0 Å². The van der Waals surface area contributed by atoms with Crippen LogP contribution in [0.2, 0.25) is 0 Å². The molecule has 0 unspecified atom stereocenters. The second-order valence-electron chi connectivity index (χ2n) is 5.27. The second-order valence-corrected chi connectivity index (χ2v) is 7.76. The maximum atomic E-state index is 10.9. The Kier molecular flexibility index (Phi) is 4.72. The van der Waals surface area contributed by atoms with E-state index in [9.17, 15) is 10.1 Å². The fourth-order valence-electron chi connectivity index (χ4n) is 2.61. The predicted molar refractivity (Wildman–Crippen MR) is 97.2 cm³/mol. The highest BCUT2D eigenvalue weighted by atomic mass is 28.3. The number of nitro groups is 1. The first-order chi connectivity index (χ1) is 11.7. The van der Waals surface area contributed by atoms with Crippen LogP contribution in [0.25, 0.3) is 0 Å². The number of non-ortho nitro benzene ring substituents is 1. The molecule has 3 rings (SSSR count). The summed E-state index contributed by atoms with van der Waals surface area (Å²) in [7, 11) is 0.425. The van der Waals surface area contributed by atoms with Crippen LogP contribution in [0.15, 0.2) is 78.9 Å². The number of benzene rings is 3. The predicted octanol–water partition coefficient (Wildman–Crippen LogP) is 2.12. The summed E-state index contributed by atoms with van der Waals surface area (Å²) in [6.07, 6.45) is 0. The van der Waals surface area contributed by atoms with Crippen LogP contribution in [0.1, 0.15) is 0 Å². The molecule has 5 heteroatoms. The molecule has 0 bridgehead atoms. The lowest BCUT2D eigenvalue weighted by Gasteiger charge is -2.17. The van der Waals surface area contributed by atoms with Gasteiger partial charge in [-0.25, -0.2) is 0 Å². The lowest BCUT2D eigenvalue weighted by molar-refractivity contribution is -0.384. The van der Waals surface area contributed by atoms with Gasteiger partial charge in [0, 0.05) is 12.1 Å². The third-order valence-corrected chi connectivity index (χ3v) is 6.54. The third kappa shape index (κ3) is 3.36. The first-order valence-electron chi connectivity index (χ1n) is 7.50. The number of rotatable bonds is 5. The average molecular weight is 334 g/mol. The van der Waals surface area contributed by atoms with Gasteiger partial charge >= 0.3 is 0 Å². The molecule has 0 saturated carbocycles. The van der Waals surface area contributed by atoms with Gasteiger partial charge in [0.05, 0.1) is 12.0 Å². The van der Waals surface area contributed by atoms with E-state index in [1.54, 1.807) is 19.2 Å². The fourth-order valence-corrected chi connectivity index (χ4v) is 5.14. The van der Waals surface area contributed by atoms with Gasteiger partial charge in [0.15, 0.2) is 8.80 Å². The zero-order chi connectivity index (χ0) is 16.9.